The van der Waals surface area contributed by atoms with Crippen molar-refractivity contribution < 1.29 is 23.5 Å². The van der Waals surface area contributed by atoms with Crippen LogP contribution in [0.2, 0.25) is 0 Å². The van der Waals surface area contributed by atoms with Crippen molar-refractivity contribution in [3.05, 3.63) is 82.7 Å². The zero-order valence-corrected chi connectivity index (χ0v) is 16.3. The van der Waals surface area contributed by atoms with Gasteiger partial charge in [0.2, 0.25) is 0 Å². The number of hydrogen-bond acceptors (Lipinski definition) is 5. The summed E-state index contributed by atoms with van der Waals surface area (Å²) < 4.78 is 19.1. The van der Waals surface area contributed by atoms with Crippen LogP contribution in [0.5, 0.6) is 0 Å². The summed E-state index contributed by atoms with van der Waals surface area (Å²) in [7, 11) is 0. The van der Waals surface area contributed by atoms with Crippen LogP contribution in [-0.2, 0) is 4.79 Å². The van der Waals surface area contributed by atoms with Crippen molar-refractivity contribution in [1.29, 1.82) is 0 Å². The summed E-state index contributed by atoms with van der Waals surface area (Å²) in [5.41, 5.74) is 1.17. The summed E-state index contributed by atoms with van der Waals surface area (Å²) in [5.74, 6) is -0.791. The first-order valence-corrected chi connectivity index (χ1v) is 9.62. The van der Waals surface area contributed by atoms with Gasteiger partial charge in [0.05, 0.1) is 16.2 Å². The van der Waals surface area contributed by atoms with Crippen molar-refractivity contribution >= 4 is 51.9 Å². The van der Waals surface area contributed by atoms with Gasteiger partial charge in [-0.25, -0.2) is 9.18 Å². The highest BCUT2D eigenvalue weighted by molar-refractivity contribution is 8.27. The number of thiocarbonyl (C=S) groups is 1. The number of benzene rings is 2. The van der Waals surface area contributed by atoms with Crippen LogP contribution in [0, 0.1) is 5.82 Å². The molecule has 1 fully saturated rings. The number of thioether (sulfide) groups is 1. The minimum absolute atomic E-state index is 0.0653. The highest BCUT2D eigenvalue weighted by atomic mass is 32.2. The van der Waals surface area contributed by atoms with Gasteiger partial charge < -0.3 is 9.52 Å². The number of rotatable bonds is 4. The number of carboxylic acids is 1. The van der Waals surface area contributed by atoms with Crippen LogP contribution in [-0.4, -0.2) is 21.3 Å². The Labute approximate surface area is 174 Å². The van der Waals surface area contributed by atoms with Crippen LogP contribution in [0.1, 0.15) is 16.1 Å². The summed E-state index contributed by atoms with van der Waals surface area (Å²) in [5, 5.41) is 9.16. The zero-order chi connectivity index (χ0) is 20.5. The summed E-state index contributed by atoms with van der Waals surface area (Å²) in [4.78, 5) is 25.7. The van der Waals surface area contributed by atoms with Crippen LogP contribution < -0.4 is 4.90 Å². The van der Waals surface area contributed by atoms with E-state index in [-0.39, 0.29) is 17.3 Å². The third-order valence-electron chi connectivity index (χ3n) is 4.17. The van der Waals surface area contributed by atoms with Crippen molar-refractivity contribution in [1.82, 2.24) is 0 Å². The number of carbonyl (C=O) groups is 2. The second kappa shape index (κ2) is 7.65. The van der Waals surface area contributed by atoms with E-state index in [9.17, 15) is 14.0 Å². The molecule has 1 saturated heterocycles. The Hall–Kier alpha value is -3.23. The number of aromatic carboxylic acids is 1. The smallest absolute Gasteiger partial charge is 0.335 e. The lowest BCUT2D eigenvalue weighted by Gasteiger charge is -2.14. The van der Waals surface area contributed by atoms with Gasteiger partial charge in [-0.3, -0.25) is 9.69 Å². The maximum absolute atomic E-state index is 13.1. The SMILES string of the molecule is O=C(O)c1cccc(N2C(=O)C(=Cc3ccc(-c4ccc(F)cc4)o3)SC2=S)c1. The van der Waals surface area contributed by atoms with E-state index in [2.05, 4.69) is 0 Å². The molecule has 0 saturated carbocycles. The summed E-state index contributed by atoms with van der Waals surface area (Å²) in [6.07, 6.45) is 1.58. The molecular formula is C21H12FNO4S2. The van der Waals surface area contributed by atoms with Gasteiger partial charge in [0, 0.05) is 11.6 Å². The van der Waals surface area contributed by atoms with Gasteiger partial charge in [-0.2, -0.15) is 0 Å². The minimum Gasteiger partial charge on any atom is -0.478 e. The molecule has 1 amide bonds. The Morgan fingerprint density at radius 3 is 2.62 bits per heavy atom. The number of furan rings is 1. The van der Waals surface area contributed by atoms with Crippen LogP contribution in [0.25, 0.3) is 17.4 Å². The largest absolute Gasteiger partial charge is 0.478 e. The van der Waals surface area contributed by atoms with Crippen molar-refractivity contribution in [2.75, 3.05) is 4.90 Å². The fraction of sp³-hybridized carbons (Fsp3) is 0. The molecule has 8 heteroatoms. The van der Waals surface area contributed by atoms with E-state index in [1.54, 1.807) is 42.5 Å². The van der Waals surface area contributed by atoms with Gasteiger partial charge >= 0.3 is 5.97 Å². The second-order valence-corrected chi connectivity index (χ2v) is 7.76. The van der Waals surface area contributed by atoms with E-state index in [1.807, 2.05) is 0 Å². The lowest BCUT2D eigenvalue weighted by molar-refractivity contribution is -0.113. The van der Waals surface area contributed by atoms with Crippen LogP contribution >= 0.6 is 24.0 Å². The molecule has 0 bridgehead atoms. The zero-order valence-electron chi connectivity index (χ0n) is 14.7. The van der Waals surface area contributed by atoms with E-state index >= 15 is 0 Å². The molecule has 29 heavy (non-hydrogen) atoms. The van der Waals surface area contributed by atoms with E-state index in [0.29, 0.717) is 32.0 Å². The second-order valence-electron chi connectivity index (χ2n) is 6.08. The molecule has 0 atom stereocenters. The number of hydrogen-bond donors (Lipinski definition) is 1. The summed E-state index contributed by atoms with van der Waals surface area (Å²) in [6.45, 7) is 0. The average Bonchev–Trinajstić information content (AvgIpc) is 3.27. The van der Waals surface area contributed by atoms with Crippen molar-refractivity contribution in [3.63, 3.8) is 0 Å². The third-order valence-corrected chi connectivity index (χ3v) is 5.48. The maximum Gasteiger partial charge on any atom is 0.335 e. The van der Waals surface area contributed by atoms with Crippen molar-refractivity contribution in [2.45, 2.75) is 0 Å². The fourth-order valence-corrected chi connectivity index (χ4v) is 4.08. The molecular weight excluding hydrogens is 413 g/mol. The van der Waals surface area contributed by atoms with E-state index < -0.39 is 5.97 Å². The Bertz CT molecular complexity index is 1170. The van der Waals surface area contributed by atoms with E-state index in [4.69, 9.17) is 21.7 Å². The Morgan fingerprint density at radius 2 is 1.90 bits per heavy atom. The molecule has 0 radical (unpaired) electrons. The molecule has 4 rings (SSSR count). The van der Waals surface area contributed by atoms with Crippen LogP contribution in [0.4, 0.5) is 10.1 Å². The molecule has 0 aliphatic carbocycles. The van der Waals surface area contributed by atoms with Crippen molar-refractivity contribution in [2.24, 2.45) is 0 Å². The van der Waals surface area contributed by atoms with Crippen LogP contribution in [0.15, 0.2) is 70.0 Å². The molecule has 2 aromatic carbocycles. The molecule has 1 N–H and O–H groups in total. The summed E-state index contributed by atoms with van der Waals surface area (Å²) in [6, 6.07) is 15.4. The lowest BCUT2D eigenvalue weighted by atomic mass is 10.2. The number of amides is 1. The molecule has 1 aromatic heterocycles. The molecule has 1 aliphatic heterocycles. The maximum atomic E-state index is 13.1. The standard InChI is InChI=1S/C21H12FNO4S2/c22-14-6-4-12(5-7-14)17-9-8-16(27-17)11-18-19(24)23(21(28)29-18)15-3-1-2-13(10-15)20(25)26/h1-11H,(H,25,26). The first-order valence-electron chi connectivity index (χ1n) is 8.39. The van der Waals surface area contributed by atoms with Gasteiger partial charge in [-0.1, -0.05) is 30.0 Å². The number of carboxylic acid groups (broad SMARTS) is 1. The number of halogens is 1. The van der Waals surface area contributed by atoms with Gasteiger partial charge in [-0.15, -0.1) is 0 Å². The minimum atomic E-state index is -1.09. The third kappa shape index (κ3) is 3.85. The fourth-order valence-electron chi connectivity index (χ4n) is 2.80. The van der Waals surface area contributed by atoms with Gasteiger partial charge in [0.25, 0.3) is 5.91 Å². The Morgan fingerprint density at radius 1 is 1.14 bits per heavy atom. The highest BCUT2D eigenvalue weighted by Crippen LogP contribution is 2.37. The molecule has 2 heterocycles. The van der Waals surface area contributed by atoms with E-state index in [1.165, 1.54) is 29.2 Å². The van der Waals surface area contributed by atoms with Gasteiger partial charge in [-0.05, 0) is 54.6 Å². The number of nitrogens with zero attached hydrogens (tertiary/aromatic N) is 1. The predicted molar refractivity (Wildman–Crippen MR) is 113 cm³/mol. The number of carbonyl (C=O) groups excluding carboxylic acids is 1. The Balaban J connectivity index is 1.60. The molecule has 0 spiro atoms. The van der Waals surface area contributed by atoms with Crippen LogP contribution in [0.3, 0.4) is 0 Å². The quantitative estimate of drug-likeness (QED) is 0.458. The topological polar surface area (TPSA) is 70.8 Å². The highest BCUT2D eigenvalue weighted by Gasteiger charge is 2.33. The number of anilines is 1. The molecule has 3 aromatic rings. The summed E-state index contributed by atoms with van der Waals surface area (Å²) >= 11 is 6.41. The van der Waals surface area contributed by atoms with Gasteiger partial charge in [0.1, 0.15) is 17.3 Å². The first-order chi connectivity index (χ1) is 13.9. The average molecular weight is 425 g/mol. The normalized spacial score (nSPS) is 15.3. The monoisotopic (exact) mass is 425 g/mol. The predicted octanol–water partition coefficient (Wildman–Crippen LogP) is 5.19. The van der Waals surface area contributed by atoms with Crippen molar-refractivity contribution in [3.8, 4) is 11.3 Å². The first kappa shape index (κ1) is 19.1. The molecule has 1 aliphatic rings. The van der Waals surface area contributed by atoms with Gasteiger partial charge in [0.15, 0.2) is 4.32 Å². The molecule has 144 valence electrons. The Kier molecular flexibility index (Phi) is 5.04. The molecule has 5 nitrogen and oxygen atoms in total. The molecule has 0 unspecified atom stereocenters. The lowest BCUT2D eigenvalue weighted by Crippen LogP contribution is -2.27. The van der Waals surface area contributed by atoms with E-state index in [0.717, 1.165) is 11.8 Å².